The summed E-state index contributed by atoms with van der Waals surface area (Å²) in [5.74, 6) is 0.369. The molecule has 11 heavy (non-hydrogen) atoms. The van der Waals surface area contributed by atoms with Crippen LogP contribution >= 0.6 is 0 Å². The van der Waals surface area contributed by atoms with Crippen LogP contribution in [0.1, 0.15) is 18.9 Å². The Morgan fingerprint density at radius 1 is 1.36 bits per heavy atom. The lowest BCUT2D eigenvalue weighted by molar-refractivity contribution is 0.509. The summed E-state index contributed by atoms with van der Waals surface area (Å²) in [4.78, 5) is 0. The molecule has 0 atom stereocenters. The van der Waals surface area contributed by atoms with Gasteiger partial charge in [0.05, 0.1) is 0 Å². The first-order valence-corrected chi connectivity index (χ1v) is 3.79. The van der Waals surface area contributed by atoms with Crippen molar-refractivity contribution in [1.29, 1.82) is 0 Å². The molecule has 1 rings (SSSR count). The summed E-state index contributed by atoms with van der Waals surface area (Å²) in [6.45, 7) is 2.00. The number of aliphatic hydroxyl groups is 1. The Kier molecular flexibility index (Phi) is 2.73. The molecule has 0 saturated carbocycles. The normalized spacial score (nSPS) is 11.5. The van der Waals surface area contributed by atoms with Gasteiger partial charge in [0.15, 0.2) is 0 Å². The Labute approximate surface area is 67.0 Å². The van der Waals surface area contributed by atoms with Crippen molar-refractivity contribution in [1.82, 2.24) is 0 Å². The van der Waals surface area contributed by atoms with Crippen LogP contribution in [0.3, 0.4) is 0 Å². The van der Waals surface area contributed by atoms with E-state index in [-0.39, 0.29) is 0 Å². The van der Waals surface area contributed by atoms with Crippen molar-refractivity contribution in [2.75, 3.05) is 0 Å². The molecule has 1 N–H and O–H groups in total. The Balaban J connectivity index is 2.85. The summed E-state index contributed by atoms with van der Waals surface area (Å²) in [7, 11) is 0. The zero-order valence-electron chi connectivity index (χ0n) is 6.62. The average molecular weight is 148 g/mol. The van der Waals surface area contributed by atoms with Crippen molar-refractivity contribution in [2.45, 2.75) is 13.3 Å². The number of hydrogen-bond donors (Lipinski definition) is 1. The number of benzene rings is 1. The lowest BCUT2D eigenvalue weighted by atomic mass is 10.2. The molecular formula is C10H12O. The molecule has 0 heterocycles. The molecule has 1 heteroatoms. The Morgan fingerprint density at radius 3 is 2.55 bits per heavy atom. The van der Waals surface area contributed by atoms with Gasteiger partial charge in [-0.15, -0.1) is 0 Å². The average Bonchev–Trinajstić information content (AvgIpc) is 2.07. The summed E-state index contributed by atoms with van der Waals surface area (Å²) in [5.41, 5.74) is 0.884. The molecule has 0 amide bonds. The fourth-order valence-corrected chi connectivity index (χ4v) is 0.920. The highest BCUT2D eigenvalue weighted by Crippen LogP contribution is 2.10. The van der Waals surface area contributed by atoms with Gasteiger partial charge in [-0.1, -0.05) is 37.3 Å². The van der Waals surface area contributed by atoms with Gasteiger partial charge < -0.3 is 5.11 Å². The van der Waals surface area contributed by atoms with Gasteiger partial charge >= 0.3 is 0 Å². The lowest BCUT2D eigenvalue weighted by Crippen LogP contribution is -1.80. The van der Waals surface area contributed by atoms with Crippen molar-refractivity contribution in [2.24, 2.45) is 0 Å². The van der Waals surface area contributed by atoms with Gasteiger partial charge in [-0.3, -0.25) is 0 Å². The molecular weight excluding hydrogens is 136 g/mol. The molecule has 0 fully saturated rings. The van der Waals surface area contributed by atoms with Crippen LogP contribution in [-0.4, -0.2) is 5.11 Å². The molecule has 1 aromatic carbocycles. The second-order valence-electron chi connectivity index (χ2n) is 2.36. The third-order valence-electron chi connectivity index (χ3n) is 1.47. The van der Waals surface area contributed by atoms with Gasteiger partial charge in [-0.25, -0.2) is 0 Å². The van der Waals surface area contributed by atoms with Gasteiger partial charge in [-0.2, -0.15) is 0 Å². The smallest absolute Gasteiger partial charge is 0.118 e. The van der Waals surface area contributed by atoms with Crippen LogP contribution in [0.2, 0.25) is 0 Å². The van der Waals surface area contributed by atoms with E-state index in [1.54, 1.807) is 6.08 Å². The fourth-order valence-electron chi connectivity index (χ4n) is 0.920. The van der Waals surface area contributed by atoms with E-state index in [9.17, 15) is 5.11 Å². The van der Waals surface area contributed by atoms with Gasteiger partial charge in [-0.05, 0) is 12.5 Å². The van der Waals surface area contributed by atoms with Crippen LogP contribution in [-0.2, 0) is 0 Å². The SMILES string of the molecule is CCC=C(O)c1ccccc1. The van der Waals surface area contributed by atoms with Crippen LogP contribution in [0.15, 0.2) is 36.4 Å². The van der Waals surface area contributed by atoms with Gasteiger partial charge in [0.1, 0.15) is 5.76 Å². The minimum Gasteiger partial charge on any atom is -0.508 e. The lowest BCUT2D eigenvalue weighted by Gasteiger charge is -1.97. The zero-order valence-corrected chi connectivity index (χ0v) is 6.62. The molecule has 1 nitrogen and oxygen atoms in total. The van der Waals surface area contributed by atoms with Gasteiger partial charge in [0.25, 0.3) is 0 Å². The first-order chi connectivity index (χ1) is 5.34. The largest absolute Gasteiger partial charge is 0.508 e. The minimum absolute atomic E-state index is 0.369. The molecule has 0 saturated heterocycles. The molecule has 0 aromatic heterocycles. The van der Waals surface area contributed by atoms with Crippen molar-refractivity contribution in [3.8, 4) is 0 Å². The van der Waals surface area contributed by atoms with Crippen LogP contribution < -0.4 is 0 Å². The second-order valence-corrected chi connectivity index (χ2v) is 2.36. The maximum atomic E-state index is 9.38. The van der Waals surface area contributed by atoms with E-state index in [0.717, 1.165) is 12.0 Å². The van der Waals surface area contributed by atoms with E-state index >= 15 is 0 Å². The summed E-state index contributed by atoms with van der Waals surface area (Å²) >= 11 is 0. The van der Waals surface area contributed by atoms with Crippen LogP contribution in [0.25, 0.3) is 5.76 Å². The summed E-state index contributed by atoms with van der Waals surface area (Å²) in [6.07, 6.45) is 2.66. The molecule has 0 aliphatic rings. The van der Waals surface area contributed by atoms with E-state index in [4.69, 9.17) is 0 Å². The molecule has 58 valence electrons. The maximum Gasteiger partial charge on any atom is 0.118 e. The van der Waals surface area contributed by atoms with Crippen molar-refractivity contribution >= 4 is 5.76 Å². The van der Waals surface area contributed by atoms with E-state index in [0.29, 0.717) is 5.76 Å². The number of allylic oxidation sites excluding steroid dienone is 1. The molecule has 0 aliphatic carbocycles. The molecule has 0 bridgehead atoms. The highest BCUT2D eigenvalue weighted by molar-refractivity contribution is 5.57. The quantitative estimate of drug-likeness (QED) is 0.639. The fraction of sp³-hybridized carbons (Fsp3) is 0.200. The summed E-state index contributed by atoms with van der Waals surface area (Å²) in [5, 5.41) is 9.38. The number of hydrogen-bond acceptors (Lipinski definition) is 1. The van der Waals surface area contributed by atoms with Crippen LogP contribution in [0, 0.1) is 0 Å². The van der Waals surface area contributed by atoms with Gasteiger partial charge in [0, 0.05) is 5.56 Å². The molecule has 0 unspecified atom stereocenters. The zero-order chi connectivity index (χ0) is 8.10. The molecule has 0 radical (unpaired) electrons. The summed E-state index contributed by atoms with van der Waals surface area (Å²) < 4.78 is 0. The predicted octanol–water partition coefficient (Wildman–Crippen LogP) is 3.00. The highest BCUT2D eigenvalue weighted by Gasteiger charge is 1.93. The Bertz CT molecular complexity index is 236. The first kappa shape index (κ1) is 7.86. The van der Waals surface area contributed by atoms with Crippen molar-refractivity contribution in [3.05, 3.63) is 42.0 Å². The van der Waals surface area contributed by atoms with E-state index < -0.39 is 0 Å². The van der Waals surface area contributed by atoms with Crippen LogP contribution in [0.5, 0.6) is 0 Å². The highest BCUT2D eigenvalue weighted by atomic mass is 16.3. The monoisotopic (exact) mass is 148 g/mol. The predicted molar refractivity (Wildman–Crippen MR) is 47.3 cm³/mol. The van der Waals surface area contributed by atoms with Crippen LogP contribution in [0.4, 0.5) is 0 Å². The Morgan fingerprint density at radius 2 is 2.00 bits per heavy atom. The third kappa shape index (κ3) is 2.11. The molecule has 1 aromatic rings. The standard InChI is InChI=1S/C10H12O/c1-2-6-10(11)9-7-4-3-5-8-9/h3-8,11H,2H2,1H3. The van der Waals surface area contributed by atoms with Crippen molar-refractivity contribution in [3.63, 3.8) is 0 Å². The van der Waals surface area contributed by atoms with E-state index in [1.165, 1.54) is 0 Å². The molecule has 0 spiro atoms. The van der Waals surface area contributed by atoms with E-state index in [1.807, 2.05) is 37.3 Å². The topological polar surface area (TPSA) is 20.2 Å². The van der Waals surface area contributed by atoms with Crippen molar-refractivity contribution < 1.29 is 5.11 Å². The first-order valence-electron chi connectivity index (χ1n) is 3.79. The van der Waals surface area contributed by atoms with Gasteiger partial charge in [0.2, 0.25) is 0 Å². The minimum atomic E-state index is 0.369. The second kappa shape index (κ2) is 3.81. The third-order valence-corrected chi connectivity index (χ3v) is 1.47. The number of rotatable bonds is 2. The molecule has 0 aliphatic heterocycles. The summed E-state index contributed by atoms with van der Waals surface area (Å²) in [6, 6.07) is 9.54. The number of aliphatic hydroxyl groups excluding tert-OH is 1. The maximum absolute atomic E-state index is 9.38. The van der Waals surface area contributed by atoms with E-state index in [2.05, 4.69) is 0 Å². The Hall–Kier alpha value is -1.24.